The van der Waals surface area contributed by atoms with Crippen LogP contribution in [0.15, 0.2) is 30.3 Å². The number of hydrogen-bond donors (Lipinski definition) is 1. The minimum atomic E-state index is 0.726. The van der Waals surface area contributed by atoms with E-state index in [0.29, 0.717) is 0 Å². The molecule has 0 amide bonds. The molecule has 1 N–H and O–H groups in total. The number of pyridine rings is 1. The van der Waals surface area contributed by atoms with Crippen LogP contribution >= 0.6 is 11.3 Å². The van der Waals surface area contributed by atoms with Gasteiger partial charge in [0.1, 0.15) is 16.8 Å². The Kier molecular flexibility index (Phi) is 3.45. The highest BCUT2D eigenvalue weighted by molar-refractivity contribution is 7.15. The topological polar surface area (TPSA) is 52.0 Å². The Morgan fingerprint density at radius 1 is 1.21 bits per heavy atom. The van der Waals surface area contributed by atoms with Crippen LogP contribution < -0.4 is 10.2 Å². The van der Waals surface area contributed by atoms with Crippen molar-refractivity contribution in [3.63, 3.8) is 0 Å². The molecule has 0 saturated carbocycles. The van der Waals surface area contributed by atoms with Crippen LogP contribution in [0.1, 0.15) is 4.88 Å². The Bertz CT molecular complexity index is 608. The van der Waals surface area contributed by atoms with Crippen molar-refractivity contribution in [2.45, 2.75) is 0 Å². The lowest BCUT2D eigenvalue weighted by Gasteiger charge is -2.28. The summed E-state index contributed by atoms with van der Waals surface area (Å²) in [5, 5.41) is 12.2. The maximum absolute atomic E-state index is 8.88. The summed E-state index contributed by atoms with van der Waals surface area (Å²) < 4.78 is 0. The zero-order valence-corrected chi connectivity index (χ0v) is 11.3. The first kappa shape index (κ1) is 12.2. The number of piperazine rings is 1. The molecule has 3 heterocycles. The Hall–Kier alpha value is -1.90. The summed E-state index contributed by atoms with van der Waals surface area (Å²) in [7, 11) is 0. The first-order valence-corrected chi connectivity index (χ1v) is 7.11. The van der Waals surface area contributed by atoms with E-state index in [1.54, 1.807) is 0 Å². The van der Waals surface area contributed by atoms with Gasteiger partial charge < -0.3 is 10.2 Å². The van der Waals surface area contributed by atoms with Crippen LogP contribution in [0.5, 0.6) is 0 Å². The Morgan fingerprint density at radius 2 is 2.05 bits per heavy atom. The van der Waals surface area contributed by atoms with E-state index in [0.717, 1.165) is 47.4 Å². The third-order valence-corrected chi connectivity index (χ3v) is 4.16. The highest BCUT2D eigenvalue weighted by atomic mass is 32.1. The van der Waals surface area contributed by atoms with Crippen LogP contribution in [0.2, 0.25) is 0 Å². The maximum Gasteiger partial charge on any atom is 0.129 e. The average molecular weight is 270 g/mol. The third kappa shape index (κ3) is 2.60. The number of aromatic nitrogens is 1. The fraction of sp³-hybridized carbons (Fsp3) is 0.286. The van der Waals surface area contributed by atoms with Gasteiger partial charge in [-0.2, -0.15) is 5.26 Å². The number of thiophene rings is 1. The van der Waals surface area contributed by atoms with Crippen LogP contribution in [-0.2, 0) is 0 Å². The predicted octanol–water partition coefficient (Wildman–Crippen LogP) is 2.09. The van der Waals surface area contributed by atoms with Crippen LogP contribution in [0.3, 0.4) is 0 Å². The molecule has 0 spiro atoms. The second-order valence-corrected chi connectivity index (χ2v) is 5.48. The van der Waals surface area contributed by atoms with Gasteiger partial charge in [-0.25, -0.2) is 4.98 Å². The highest BCUT2D eigenvalue weighted by Gasteiger charge is 2.12. The first-order chi connectivity index (χ1) is 9.36. The normalized spacial score (nSPS) is 15.2. The van der Waals surface area contributed by atoms with Gasteiger partial charge in [0.2, 0.25) is 0 Å². The number of anilines is 1. The minimum absolute atomic E-state index is 0.726. The summed E-state index contributed by atoms with van der Waals surface area (Å²) in [5.41, 5.74) is 0.947. The Balaban J connectivity index is 1.89. The molecule has 0 bridgehead atoms. The SMILES string of the molecule is N#Cc1ccc(-c2cccc(N3CCNCC3)n2)s1. The standard InChI is InChI=1S/C14H14N4S/c15-10-11-4-5-13(19-11)12-2-1-3-14(17-12)18-8-6-16-7-9-18/h1-5,16H,6-9H2. The molecule has 19 heavy (non-hydrogen) atoms. The molecule has 96 valence electrons. The van der Waals surface area contributed by atoms with E-state index in [9.17, 15) is 0 Å². The summed E-state index contributed by atoms with van der Waals surface area (Å²) in [6.45, 7) is 3.99. The molecule has 4 nitrogen and oxygen atoms in total. The molecule has 1 aliphatic heterocycles. The molecule has 0 radical (unpaired) electrons. The van der Waals surface area contributed by atoms with Crippen molar-refractivity contribution in [3.05, 3.63) is 35.2 Å². The molecule has 1 aliphatic rings. The summed E-state index contributed by atoms with van der Waals surface area (Å²) in [4.78, 5) is 8.78. The van der Waals surface area contributed by atoms with Crippen molar-refractivity contribution in [1.29, 1.82) is 5.26 Å². The number of nitrogens with one attached hydrogen (secondary N) is 1. The lowest BCUT2D eigenvalue weighted by Crippen LogP contribution is -2.43. The molecule has 0 aliphatic carbocycles. The summed E-state index contributed by atoms with van der Waals surface area (Å²) in [5.74, 6) is 1.02. The van der Waals surface area contributed by atoms with E-state index in [-0.39, 0.29) is 0 Å². The Morgan fingerprint density at radius 3 is 2.79 bits per heavy atom. The molecule has 1 fully saturated rings. The predicted molar refractivity (Wildman–Crippen MR) is 77.3 cm³/mol. The zero-order valence-electron chi connectivity index (χ0n) is 10.5. The van der Waals surface area contributed by atoms with E-state index in [1.165, 1.54) is 11.3 Å². The zero-order chi connectivity index (χ0) is 13.1. The van der Waals surface area contributed by atoms with Gasteiger partial charge in [0, 0.05) is 26.2 Å². The van der Waals surface area contributed by atoms with E-state index in [4.69, 9.17) is 10.2 Å². The molecule has 0 atom stereocenters. The van der Waals surface area contributed by atoms with Crippen LogP contribution in [0.4, 0.5) is 5.82 Å². The van der Waals surface area contributed by atoms with Crippen LogP contribution in [0.25, 0.3) is 10.6 Å². The van der Waals surface area contributed by atoms with Crippen molar-refractivity contribution in [3.8, 4) is 16.6 Å². The average Bonchev–Trinajstić information content (AvgIpc) is 2.97. The molecule has 3 rings (SSSR count). The summed E-state index contributed by atoms with van der Waals surface area (Å²) in [6, 6.07) is 12.1. The fourth-order valence-electron chi connectivity index (χ4n) is 2.17. The van der Waals surface area contributed by atoms with Gasteiger partial charge in [-0.3, -0.25) is 0 Å². The second-order valence-electron chi connectivity index (χ2n) is 4.39. The molecule has 0 unspecified atom stereocenters. The first-order valence-electron chi connectivity index (χ1n) is 6.30. The monoisotopic (exact) mass is 270 g/mol. The van der Waals surface area contributed by atoms with Gasteiger partial charge >= 0.3 is 0 Å². The van der Waals surface area contributed by atoms with Crippen LogP contribution in [-0.4, -0.2) is 31.2 Å². The van der Waals surface area contributed by atoms with Crippen molar-refractivity contribution in [1.82, 2.24) is 10.3 Å². The van der Waals surface area contributed by atoms with Gasteiger partial charge in [-0.15, -0.1) is 11.3 Å². The molecule has 5 heteroatoms. The largest absolute Gasteiger partial charge is 0.354 e. The Labute approximate surface area is 116 Å². The van der Waals surface area contributed by atoms with Gasteiger partial charge in [0.05, 0.1) is 10.6 Å². The van der Waals surface area contributed by atoms with Crippen molar-refractivity contribution in [2.75, 3.05) is 31.1 Å². The molecule has 2 aromatic heterocycles. The van der Waals surface area contributed by atoms with E-state index in [2.05, 4.69) is 16.3 Å². The van der Waals surface area contributed by atoms with Crippen molar-refractivity contribution >= 4 is 17.2 Å². The third-order valence-electron chi connectivity index (χ3n) is 3.14. The number of nitriles is 1. The number of hydrogen-bond acceptors (Lipinski definition) is 5. The summed E-state index contributed by atoms with van der Waals surface area (Å²) >= 11 is 1.49. The molecular formula is C14H14N4S. The van der Waals surface area contributed by atoms with Gasteiger partial charge in [0.25, 0.3) is 0 Å². The number of nitrogens with zero attached hydrogens (tertiary/aromatic N) is 3. The van der Waals surface area contributed by atoms with E-state index >= 15 is 0 Å². The maximum atomic E-state index is 8.88. The highest BCUT2D eigenvalue weighted by Crippen LogP contribution is 2.27. The molecular weight excluding hydrogens is 256 g/mol. The minimum Gasteiger partial charge on any atom is -0.354 e. The van der Waals surface area contributed by atoms with Crippen LogP contribution in [0, 0.1) is 11.3 Å². The number of rotatable bonds is 2. The van der Waals surface area contributed by atoms with E-state index < -0.39 is 0 Å². The lowest BCUT2D eigenvalue weighted by molar-refractivity contribution is 0.585. The van der Waals surface area contributed by atoms with Gasteiger partial charge in [-0.05, 0) is 24.3 Å². The van der Waals surface area contributed by atoms with Gasteiger partial charge in [0.15, 0.2) is 0 Å². The quantitative estimate of drug-likeness (QED) is 0.908. The lowest BCUT2D eigenvalue weighted by atomic mass is 10.3. The second kappa shape index (κ2) is 5.39. The van der Waals surface area contributed by atoms with Crippen molar-refractivity contribution < 1.29 is 0 Å². The smallest absolute Gasteiger partial charge is 0.129 e. The molecule has 2 aromatic rings. The van der Waals surface area contributed by atoms with E-state index in [1.807, 2.05) is 30.3 Å². The fourth-order valence-corrected chi connectivity index (χ4v) is 2.94. The molecule has 1 saturated heterocycles. The van der Waals surface area contributed by atoms with Gasteiger partial charge in [-0.1, -0.05) is 6.07 Å². The molecule has 0 aromatic carbocycles. The summed E-state index contributed by atoms with van der Waals surface area (Å²) in [6.07, 6.45) is 0. The van der Waals surface area contributed by atoms with Crippen molar-refractivity contribution in [2.24, 2.45) is 0 Å².